The van der Waals surface area contributed by atoms with Crippen LogP contribution in [0, 0.1) is 0 Å². The third kappa shape index (κ3) is 3.82. The summed E-state index contributed by atoms with van der Waals surface area (Å²) < 4.78 is 27.7. The number of halogens is 1. The second-order valence-corrected chi connectivity index (χ2v) is 9.19. The average Bonchev–Trinajstić information content (AvgIpc) is 2.97. The highest BCUT2D eigenvalue weighted by Gasteiger charge is 2.36. The number of carbonyl (C=O) groups is 1. The number of sulfonamides is 1. The van der Waals surface area contributed by atoms with Crippen LogP contribution in [0.4, 0.5) is 5.69 Å². The van der Waals surface area contributed by atoms with Crippen LogP contribution in [0.5, 0.6) is 0 Å². The highest BCUT2D eigenvalue weighted by Crippen LogP contribution is 2.37. The van der Waals surface area contributed by atoms with Crippen molar-refractivity contribution in [1.29, 1.82) is 0 Å². The van der Waals surface area contributed by atoms with Crippen LogP contribution in [0.25, 0.3) is 0 Å². The summed E-state index contributed by atoms with van der Waals surface area (Å²) >= 11 is 5.88. The summed E-state index contributed by atoms with van der Waals surface area (Å²) in [6.45, 7) is 5.83. The zero-order chi connectivity index (χ0) is 19.8. The first kappa shape index (κ1) is 19.7. The van der Waals surface area contributed by atoms with Gasteiger partial charge in [0.05, 0.1) is 10.6 Å². The van der Waals surface area contributed by atoms with Gasteiger partial charge in [-0.25, -0.2) is 8.42 Å². The third-order valence-corrected chi connectivity index (χ3v) is 7.05. The number of hydrogen-bond acceptors (Lipinski definition) is 3. The lowest BCUT2D eigenvalue weighted by molar-refractivity contribution is 0.0939. The second kappa shape index (κ2) is 7.52. The minimum Gasteiger partial charge on any atom is -0.350 e. The predicted molar refractivity (Wildman–Crippen MR) is 108 cm³/mol. The van der Waals surface area contributed by atoms with Gasteiger partial charge in [-0.05, 0) is 74.7 Å². The first-order valence-corrected chi connectivity index (χ1v) is 10.8. The molecule has 0 fully saturated rings. The van der Waals surface area contributed by atoms with Gasteiger partial charge < -0.3 is 5.32 Å². The summed E-state index contributed by atoms with van der Waals surface area (Å²) in [7, 11) is -3.70. The van der Waals surface area contributed by atoms with E-state index in [1.54, 1.807) is 30.3 Å². The number of hydrogen-bond donors (Lipinski definition) is 1. The molecular formula is C20H23ClN2O3S. The van der Waals surface area contributed by atoms with E-state index in [2.05, 4.69) is 5.32 Å². The van der Waals surface area contributed by atoms with E-state index in [4.69, 9.17) is 11.6 Å². The van der Waals surface area contributed by atoms with Crippen LogP contribution < -0.4 is 9.62 Å². The molecule has 1 N–H and O–H groups in total. The van der Waals surface area contributed by atoms with E-state index in [9.17, 15) is 13.2 Å². The first-order chi connectivity index (χ1) is 12.7. The Morgan fingerprint density at radius 1 is 1.26 bits per heavy atom. The summed E-state index contributed by atoms with van der Waals surface area (Å²) in [4.78, 5) is 12.6. The lowest BCUT2D eigenvalue weighted by atomic mass is 10.1. The summed E-state index contributed by atoms with van der Waals surface area (Å²) in [6.07, 6.45) is 1.41. The zero-order valence-electron chi connectivity index (χ0n) is 15.6. The molecule has 1 amide bonds. The molecule has 1 aliphatic rings. The van der Waals surface area contributed by atoms with Crippen molar-refractivity contribution >= 4 is 33.2 Å². The number of nitrogens with one attached hydrogen (secondary N) is 1. The molecule has 1 aliphatic heterocycles. The topological polar surface area (TPSA) is 66.5 Å². The molecule has 7 heteroatoms. The number of fused-ring (bicyclic) bond motifs is 1. The molecule has 1 heterocycles. The molecule has 3 rings (SSSR count). The molecule has 0 saturated heterocycles. The fourth-order valence-corrected chi connectivity index (χ4v) is 5.06. The van der Waals surface area contributed by atoms with E-state index < -0.39 is 10.0 Å². The Morgan fingerprint density at radius 2 is 1.93 bits per heavy atom. The van der Waals surface area contributed by atoms with Crippen LogP contribution in [0.15, 0.2) is 47.4 Å². The molecule has 2 aromatic carbocycles. The lowest BCUT2D eigenvalue weighted by Gasteiger charge is -2.24. The van der Waals surface area contributed by atoms with Crippen LogP contribution >= 0.6 is 11.6 Å². The van der Waals surface area contributed by atoms with Gasteiger partial charge >= 0.3 is 0 Å². The molecule has 0 aliphatic carbocycles. The standard InChI is InChI=1S/C20H23ClN2O3S/c1-4-13(2)22-20(24)15-5-10-19-16(12-15)11-14(3)23(19)27(25,26)18-8-6-17(21)7-9-18/h5-10,12-14H,4,11H2,1-3H3,(H,22,24)/t13-,14+/m1/s1. The molecule has 0 bridgehead atoms. The number of carbonyl (C=O) groups excluding carboxylic acids is 1. The maximum atomic E-state index is 13.1. The minimum absolute atomic E-state index is 0.0893. The van der Waals surface area contributed by atoms with Gasteiger partial charge in [-0.3, -0.25) is 9.10 Å². The number of benzene rings is 2. The van der Waals surface area contributed by atoms with Crippen molar-refractivity contribution in [3.63, 3.8) is 0 Å². The monoisotopic (exact) mass is 406 g/mol. The van der Waals surface area contributed by atoms with E-state index in [1.807, 2.05) is 20.8 Å². The molecule has 5 nitrogen and oxygen atoms in total. The molecule has 0 radical (unpaired) electrons. The van der Waals surface area contributed by atoms with Crippen molar-refractivity contribution in [2.45, 2.75) is 50.6 Å². The number of amides is 1. The van der Waals surface area contributed by atoms with E-state index in [1.165, 1.54) is 16.4 Å². The summed E-state index contributed by atoms with van der Waals surface area (Å²) in [5.41, 5.74) is 2.03. The molecule has 0 aromatic heterocycles. The maximum absolute atomic E-state index is 13.1. The van der Waals surface area contributed by atoms with Gasteiger partial charge in [-0.15, -0.1) is 0 Å². The largest absolute Gasteiger partial charge is 0.350 e. The van der Waals surface area contributed by atoms with Crippen molar-refractivity contribution in [1.82, 2.24) is 5.32 Å². The van der Waals surface area contributed by atoms with Crippen molar-refractivity contribution in [2.24, 2.45) is 0 Å². The van der Waals surface area contributed by atoms with Crippen LogP contribution in [-0.4, -0.2) is 26.4 Å². The van der Waals surface area contributed by atoms with Gasteiger partial charge in [0.15, 0.2) is 0 Å². The Bertz CT molecular complexity index is 958. The van der Waals surface area contributed by atoms with Crippen molar-refractivity contribution < 1.29 is 13.2 Å². The maximum Gasteiger partial charge on any atom is 0.264 e. The lowest BCUT2D eigenvalue weighted by Crippen LogP contribution is -2.35. The highest BCUT2D eigenvalue weighted by atomic mass is 35.5. The van der Waals surface area contributed by atoms with E-state index in [0.29, 0.717) is 22.7 Å². The number of rotatable bonds is 5. The van der Waals surface area contributed by atoms with E-state index in [-0.39, 0.29) is 22.9 Å². The predicted octanol–water partition coefficient (Wildman–Crippen LogP) is 4.01. The summed E-state index contributed by atoms with van der Waals surface area (Å²) in [5.74, 6) is -0.140. The number of anilines is 1. The molecule has 2 aromatic rings. The molecule has 0 saturated carbocycles. The smallest absolute Gasteiger partial charge is 0.264 e. The van der Waals surface area contributed by atoms with Gasteiger partial charge in [0.2, 0.25) is 0 Å². The molecule has 2 atom stereocenters. The Kier molecular flexibility index (Phi) is 5.49. The van der Waals surface area contributed by atoms with Gasteiger partial charge in [0.25, 0.3) is 15.9 Å². The molecule has 0 spiro atoms. The first-order valence-electron chi connectivity index (χ1n) is 8.97. The van der Waals surface area contributed by atoms with E-state index >= 15 is 0 Å². The van der Waals surface area contributed by atoms with E-state index in [0.717, 1.165) is 12.0 Å². The third-order valence-electron chi connectivity index (χ3n) is 4.86. The summed E-state index contributed by atoms with van der Waals surface area (Å²) in [6, 6.07) is 11.2. The highest BCUT2D eigenvalue weighted by molar-refractivity contribution is 7.92. The molecule has 27 heavy (non-hydrogen) atoms. The summed E-state index contributed by atoms with van der Waals surface area (Å²) in [5, 5.41) is 3.42. The van der Waals surface area contributed by atoms with Crippen molar-refractivity contribution in [3.8, 4) is 0 Å². The Hall–Kier alpha value is -2.05. The Labute approximate surface area is 165 Å². The number of nitrogens with zero attached hydrogens (tertiary/aromatic N) is 1. The van der Waals surface area contributed by atoms with Crippen LogP contribution in [-0.2, 0) is 16.4 Å². The SMILES string of the molecule is CC[C@@H](C)NC(=O)c1ccc2c(c1)C[C@H](C)N2S(=O)(=O)c1ccc(Cl)cc1. The normalized spacial score (nSPS) is 17.5. The zero-order valence-corrected chi connectivity index (χ0v) is 17.1. The minimum atomic E-state index is -3.70. The molecule has 144 valence electrons. The van der Waals surface area contributed by atoms with Gasteiger partial charge in [0.1, 0.15) is 0 Å². The quantitative estimate of drug-likeness (QED) is 0.815. The van der Waals surface area contributed by atoms with Gasteiger partial charge in [-0.2, -0.15) is 0 Å². The molecule has 0 unspecified atom stereocenters. The van der Waals surface area contributed by atoms with Gasteiger partial charge in [-0.1, -0.05) is 18.5 Å². The fourth-order valence-electron chi connectivity index (χ4n) is 3.24. The van der Waals surface area contributed by atoms with Crippen LogP contribution in [0.2, 0.25) is 5.02 Å². The second-order valence-electron chi connectivity index (χ2n) is 6.93. The Morgan fingerprint density at radius 3 is 2.56 bits per heavy atom. The van der Waals surface area contributed by atoms with Crippen molar-refractivity contribution in [3.05, 3.63) is 58.6 Å². The van der Waals surface area contributed by atoms with Crippen LogP contribution in [0.3, 0.4) is 0 Å². The Balaban J connectivity index is 1.94. The van der Waals surface area contributed by atoms with Gasteiger partial charge in [0, 0.05) is 22.7 Å². The average molecular weight is 407 g/mol. The van der Waals surface area contributed by atoms with Crippen LogP contribution in [0.1, 0.15) is 43.1 Å². The van der Waals surface area contributed by atoms with Crippen molar-refractivity contribution in [2.75, 3.05) is 4.31 Å². The fraction of sp³-hybridized carbons (Fsp3) is 0.350. The molecular weight excluding hydrogens is 384 g/mol.